The molecule has 0 aromatic rings. The molecule has 3 heteroatoms. The van der Waals surface area contributed by atoms with Crippen molar-refractivity contribution in [3.63, 3.8) is 0 Å². The van der Waals surface area contributed by atoms with E-state index in [2.05, 4.69) is 18.7 Å². The summed E-state index contributed by atoms with van der Waals surface area (Å²) in [4.78, 5) is 15.9. The molecule has 2 aliphatic rings. The third-order valence-electron chi connectivity index (χ3n) is 5.29. The fraction of sp³-hybridized carbons (Fsp3) is 0.933. The van der Waals surface area contributed by atoms with Crippen molar-refractivity contribution in [2.75, 3.05) is 26.2 Å². The molecule has 0 aromatic heterocycles. The number of rotatable bonds is 2. The van der Waals surface area contributed by atoms with Crippen LogP contribution in [0.3, 0.4) is 0 Å². The van der Waals surface area contributed by atoms with Crippen LogP contribution in [0.15, 0.2) is 0 Å². The lowest BCUT2D eigenvalue weighted by Gasteiger charge is -2.44. The number of nitrogens with zero attached hydrogens (tertiary/aromatic N) is 2. The average Bonchev–Trinajstić information content (AvgIpc) is 2.40. The van der Waals surface area contributed by atoms with Gasteiger partial charge in [0.05, 0.1) is 0 Å². The van der Waals surface area contributed by atoms with Crippen LogP contribution < -0.4 is 0 Å². The highest BCUT2D eigenvalue weighted by atomic mass is 16.2. The lowest BCUT2D eigenvalue weighted by molar-refractivity contribution is -0.131. The average molecular weight is 252 g/mol. The molecule has 1 aliphatic carbocycles. The molecule has 0 unspecified atom stereocenters. The quantitative estimate of drug-likeness (QED) is 0.754. The highest BCUT2D eigenvalue weighted by Crippen LogP contribution is 2.40. The fourth-order valence-electron chi connectivity index (χ4n) is 3.42. The maximum atomic E-state index is 11.3. The van der Waals surface area contributed by atoms with Gasteiger partial charge < -0.3 is 4.90 Å². The van der Waals surface area contributed by atoms with E-state index in [1.54, 1.807) is 6.92 Å². The minimum Gasteiger partial charge on any atom is -0.340 e. The number of amides is 1. The molecular formula is C15H28N2O. The van der Waals surface area contributed by atoms with Crippen molar-refractivity contribution in [1.29, 1.82) is 0 Å². The van der Waals surface area contributed by atoms with Crippen molar-refractivity contribution in [2.24, 2.45) is 5.41 Å². The van der Waals surface area contributed by atoms with E-state index in [1.165, 1.54) is 32.1 Å². The van der Waals surface area contributed by atoms with Crippen LogP contribution in [-0.2, 0) is 4.79 Å². The Labute approximate surface area is 112 Å². The molecule has 104 valence electrons. The molecular weight excluding hydrogens is 224 g/mol. The smallest absolute Gasteiger partial charge is 0.219 e. The first-order chi connectivity index (χ1) is 8.54. The van der Waals surface area contributed by atoms with E-state index in [0.717, 1.165) is 32.2 Å². The summed E-state index contributed by atoms with van der Waals surface area (Å²) in [6, 6.07) is 0.777. The summed E-state index contributed by atoms with van der Waals surface area (Å²) in [5, 5.41) is 0. The Kier molecular flexibility index (Phi) is 4.31. The fourth-order valence-corrected chi connectivity index (χ4v) is 3.42. The monoisotopic (exact) mass is 252 g/mol. The van der Waals surface area contributed by atoms with Crippen LogP contribution in [0.5, 0.6) is 0 Å². The number of piperazine rings is 1. The zero-order chi connectivity index (χ0) is 13.2. The van der Waals surface area contributed by atoms with E-state index >= 15 is 0 Å². The van der Waals surface area contributed by atoms with Gasteiger partial charge in [0.25, 0.3) is 0 Å². The van der Waals surface area contributed by atoms with Gasteiger partial charge in [-0.1, -0.05) is 20.3 Å². The zero-order valence-electron chi connectivity index (χ0n) is 12.2. The topological polar surface area (TPSA) is 23.6 Å². The number of hydrogen-bond donors (Lipinski definition) is 0. The minimum absolute atomic E-state index is 0.233. The second kappa shape index (κ2) is 5.60. The molecule has 18 heavy (non-hydrogen) atoms. The summed E-state index contributed by atoms with van der Waals surface area (Å²) < 4.78 is 0. The predicted molar refractivity (Wildman–Crippen MR) is 74.5 cm³/mol. The summed E-state index contributed by atoms with van der Waals surface area (Å²) in [6.07, 6.45) is 6.77. The molecule has 1 saturated carbocycles. The van der Waals surface area contributed by atoms with E-state index in [1.807, 2.05) is 4.90 Å². The van der Waals surface area contributed by atoms with Gasteiger partial charge in [0, 0.05) is 39.1 Å². The van der Waals surface area contributed by atoms with E-state index in [9.17, 15) is 4.79 Å². The first kappa shape index (κ1) is 13.9. The number of carbonyl (C=O) groups excluding carboxylic acids is 1. The van der Waals surface area contributed by atoms with Crippen LogP contribution in [0.1, 0.15) is 52.9 Å². The van der Waals surface area contributed by atoms with Gasteiger partial charge in [-0.25, -0.2) is 0 Å². The van der Waals surface area contributed by atoms with Crippen LogP contribution in [-0.4, -0.2) is 47.9 Å². The number of carbonyl (C=O) groups is 1. The van der Waals surface area contributed by atoms with E-state index in [0.29, 0.717) is 5.41 Å². The summed E-state index contributed by atoms with van der Waals surface area (Å²) in [5.74, 6) is 0.233. The van der Waals surface area contributed by atoms with Gasteiger partial charge in [-0.05, 0) is 31.1 Å². The van der Waals surface area contributed by atoms with E-state index in [-0.39, 0.29) is 5.91 Å². The zero-order valence-corrected chi connectivity index (χ0v) is 12.2. The molecule has 2 fully saturated rings. The Morgan fingerprint density at radius 1 is 1.17 bits per heavy atom. The van der Waals surface area contributed by atoms with Crippen molar-refractivity contribution >= 4 is 5.91 Å². The van der Waals surface area contributed by atoms with Crippen LogP contribution in [0.25, 0.3) is 0 Å². The lowest BCUT2D eigenvalue weighted by Crippen LogP contribution is -2.52. The van der Waals surface area contributed by atoms with Crippen LogP contribution >= 0.6 is 0 Å². The van der Waals surface area contributed by atoms with Gasteiger partial charge in [0.15, 0.2) is 0 Å². The Morgan fingerprint density at radius 3 is 2.17 bits per heavy atom. The maximum Gasteiger partial charge on any atom is 0.219 e. The minimum atomic E-state index is 0.233. The van der Waals surface area contributed by atoms with Gasteiger partial charge in [0.2, 0.25) is 5.91 Å². The number of hydrogen-bond acceptors (Lipinski definition) is 2. The van der Waals surface area contributed by atoms with Crippen LogP contribution in [0.2, 0.25) is 0 Å². The highest BCUT2D eigenvalue weighted by Gasteiger charge is 2.33. The standard InChI is InChI=1S/C15H28N2O/c1-4-15(3)7-5-14(6-8-15)17-11-9-16(10-12-17)13(2)18/h14H,4-12H2,1-3H3. The van der Waals surface area contributed by atoms with Crippen molar-refractivity contribution in [2.45, 2.75) is 58.9 Å². The lowest BCUT2D eigenvalue weighted by atomic mass is 9.72. The Bertz CT molecular complexity index is 287. The van der Waals surface area contributed by atoms with Gasteiger partial charge in [-0.15, -0.1) is 0 Å². The predicted octanol–water partition coefficient (Wildman–Crippen LogP) is 2.51. The summed E-state index contributed by atoms with van der Waals surface area (Å²) in [7, 11) is 0. The summed E-state index contributed by atoms with van der Waals surface area (Å²) >= 11 is 0. The molecule has 0 atom stereocenters. The Morgan fingerprint density at radius 2 is 1.72 bits per heavy atom. The van der Waals surface area contributed by atoms with Crippen molar-refractivity contribution in [3.05, 3.63) is 0 Å². The SMILES string of the molecule is CCC1(C)CCC(N2CCN(C(C)=O)CC2)CC1. The molecule has 0 bridgehead atoms. The largest absolute Gasteiger partial charge is 0.340 e. The molecule has 1 saturated heterocycles. The van der Waals surface area contributed by atoms with Crippen molar-refractivity contribution in [1.82, 2.24) is 9.80 Å². The van der Waals surface area contributed by atoms with Gasteiger partial charge >= 0.3 is 0 Å². The summed E-state index contributed by atoms with van der Waals surface area (Å²) in [6.45, 7) is 10.5. The molecule has 1 amide bonds. The Hall–Kier alpha value is -0.570. The molecule has 0 spiro atoms. The first-order valence-electron chi connectivity index (χ1n) is 7.54. The van der Waals surface area contributed by atoms with E-state index in [4.69, 9.17) is 0 Å². The van der Waals surface area contributed by atoms with E-state index < -0.39 is 0 Å². The Balaban J connectivity index is 1.80. The normalized spacial score (nSPS) is 34.6. The van der Waals surface area contributed by atoms with Gasteiger partial charge in [0.1, 0.15) is 0 Å². The second-order valence-corrected chi connectivity index (χ2v) is 6.44. The molecule has 1 aliphatic heterocycles. The van der Waals surface area contributed by atoms with Crippen LogP contribution in [0, 0.1) is 5.41 Å². The molecule has 1 heterocycles. The third-order valence-corrected chi connectivity index (χ3v) is 5.29. The molecule has 3 nitrogen and oxygen atoms in total. The second-order valence-electron chi connectivity index (χ2n) is 6.44. The summed E-state index contributed by atoms with van der Waals surface area (Å²) in [5.41, 5.74) is 0.595. The van der Waals surface area contributed by atoms with Crippen molar-refractivity contribution in [3.8, 4) is 0 Å². The first-order valence-corrected chi connectivity index (χ1v) is 7.54. The highest BCUT2D eigenvalue weighted by molar-refractivity contribution is 5.73. The molecule has 0 N–H and O–H groups in total. The van der Waals surface area contributed by atoms with Gasteiger partial charge in [-0.3, -0.25) is 9.69 Å². The van der Waals surface area contributed by atoms with Crippen LogP contribution in [0.4, 0.5) is 0 Å². The third kappa shape index (κ3) is 3.05. The van der Waals surface area contributed by atoms with Gasteiger partial charge in [-0.2, -0.15) is 0 Å². The maximum absolute atomic E-state index is 11.3. The molecule has 0 radical (unpaired) electrons. The van der Waals surface area contributed by atoms with Crippen molar-refractivity contribution < 1.29 is 4.79 Å². The molecule has 2 rings (SSSR count). The molecule has 0 aromatic carbocycles.